The molecule has 0 saturated carbocycles. The fraction of sp³-hybridized carbons (Fsp3) is 0.217. The van der Waals surface area contributed by atoms with Gasteiger partial charge in [-0.15, -0.1) is 0 Å². The molecule has 2 aromatic heterocycles. The minimum atomic E-state index is 0.343. The van der Waals surface area contributed by atoms with Crippen molar-refractivity contribution in [3.05, 3.63) is 71.6 Å². The van der Waals surface area contributed by atoms with Gasteiger partial charge in [-0.3, -0.25) is 4.90 Å². The summed E-state index contributed by atoms with van der Waals surface area (Å²) in [4.78, 5) is 11.2. The number of rotatable bonds is 3. The molecular formula is C23H23ClN6. The molecule has 0 spiro atoms. The van der Waals surface area contributed by atoms with E-state index in [9.17, 15) is 0 Å². The van der Waals surface area contributed by atoms with E-state index in [0.29, 0.717) is 16.9 Å². The van der Waals surface area contributed by atoms with Gasteiger partial charge in [0.1, 0.15) is 12.1 Å². The predicted molar refractivity (Wildman–Crippen MR) is 122 cm³/mol. The lowest BCUT2D eigenvalue weighted by Crippen LogP contribution is -2.43. The smallest absolute Gasteiger partial charge is 0.150 e. The van der Waals surface area contributed by atoms with E-state index in [4.69, 9.17) is 17.3 Å². The summed E-state index contributed by atoms with van der Waals surface area (Å²) in [7, 11) is 2.18. The number of benzene rings is 2. The van der Waals surface area contributed by atoms with Crippen LogP contribution < -0.4 is 11.1 Å². The highest BCUT2D eigenvalue weighted by atomic mass is 35.5. The van der Waals surface area contributed by atoms with Crippen molar-refractivity contribution in [2.24, 2.45) is 0 Å². The average molecular weight is 419 g/mol. The van der Waals surface area contributed by atoms with Crippen LogP contribution in [0.5, 0.6) is 0 Å². The Morgan fingerprint density at radius 1 is 1.13 bits per heavy atom. The van der Waals surface area contributed by atoms with Crippen molar-refractivity contribution in [3.63, 3.8) is 0 Å². The van der Waals surface area contributed by atoms with Crippen LogP contribution in [0.1, 0.15) is 11.6 Å². The van der Waals surface area contributed by atoms with Crippen LogP contribution in [0.15, 0.2) is 61.1 Å². The highest BCUT2D eigenvalue weighted by molar-refractivity contribution is 6.30. The summed E-state index contributed by atoms with van der Waals surface area (Å²) in [6.45, 7) is 3.00. The molecule has 1 saturated heterocycles. The van der Waals surface area contributed by atoms with Crippen molar-refractivity contribution in [2.75, 3.05) is 32.4 Å². The molecule has 1 atom stereocenters. The first-order chi connectivity index (χ1) is 14.6. The summed E-state index contributed by atoms with van der Waals surface area (Å²) in [6, 6.07) is 16.7. The van der Waals surface area contributed by atoms with E-state index in [1.54, 1.807) is 0 Å². The molecule has 3 heterocycles. The molecular weight excluding hydrogens is 396 g/mol. The van der Waals surface area contributed by atoms with Gasteiger partial charge < -0.3 is 15.6 Å². The number of fused-ring (bicyclic) bond motifs is 1. The molecule has 152 valence electrons. The summed E-state index contributed by atoms with van der Waals surface area (Å²) < 4.78 is 2.09. The van der Waals surface area contributed by atoms with Crippen LogP contribution in [-0.2, 0) is 0 Å². The van der Waals surface area contributed by atoms with E-state index < -0.39 is 0 Å². The monoisotopic (exact) mass is 418 g/mol. The van der Waals surface area contributed by atoms with Gasteiger partial charge in [-0.1, -0.05) is 35.9 Å². The summed E-state index contributed by atoms with van der Waals surface area (Å²) in [5.41, 5.74) is 11.4. The average Bonchev–Trinajstić information content (AvgIpc) is 3.16. The third-order valence-corrected chi connectivity index (χ3v) is 6.06. The van der Waals surface area contributed by atoms with Crippen molar-refractivity contribution in [1.29, 1.82) is 0 Å². The molecule has 0 radical (unpaired) electrons. The SMILES string of the molecule is CN1CCNCC1c1cccc(-n2cc(-c3ccc(Cl)cc3)c3c(N)ncnc32)c1. The lowest BCUT2D eigenvalue weighted by Gasteiger charge is -2.33. The fourth-order valence-corrected chi connectivity index (χ4v) is 4.32. The Balaban J connectivity index is 1.66. The number of nitrogen functional groups attached to an aromatic ring is 1. The van der Waals surface area contributed by atoms with Crippen LogP contribution in [0, 0.1) is 0 Å². The maximum Gasteiger partial charge on any atom is 0.150 e. The first-order valence-corrected chi connectivity index (χ1v) is 10.4. The number of hydrogen-bond acceptors (Lipinski definition) is 5. The van der Waals surface area contributed by atoms with Crippen molar-refractivity contribution < 1.29 is 0 Å². The van der Waals surface area contributed by atoms with E-state index in [-0.39, 0.29) is 0 Å². The van der Waals surface area contributed by atoms with Gasteiger partial charge in [0.25, 0.3) is 0 Å². The second-order valence-electron chi connectivity index (χ2n) is 7.67. The molecule has 3 N–H and O–H groups in total. The maximum absolute atomic E-state index is 6.28. The van der Waals surface area contributed by atoms with Crippen molar-refractivity contribution >= 4 is 28.5 Å². The molecule has 1 aliphatic heterocycles. The van der Waals surface area contributed by atoms with Gasteiger partial charge in [0.2, 0.25) is 0 Å². The minimum absolute atomic E-state index is 0.343. The molecule has 6 nitrogen and oxygen atoms in total. The zero-order valence-corrected chi connectivity index (χ0v) is 17.5. The van der Waals surface area contributed by atoms with Crippen molar-refractivity contribution in [1.82, 2.24) is 24.8 Å². The van der Waals surface area contributed by atoms with Crippen LogP contribution in [-0.4, -0.2) is 46.1 Å². The van der Waals surface area contributed by atoms with Crippen LogP contribution >= 0.6 is 11.6 Å². The lowest BCUT2D eigenvalue weighted by atomic mass is 10.0. The van der Waals surface area contributed by atoms with Gasteiger partial charge in [0, 0.05) is 48.1 Å². The highest BCUT2D eigenvalue weighted by Crippen LogP contribution is 2.35. The molecule has 7 heteroatoms. The predicted octanol–water partition coefficient (Wildman–Crippen LogP) is 3.90. The standard InChI is InChI=1S/C23H23ClN6/c1-29-10-9-26-12-20(29)16-3-2-4-18(11-16)30-13-19(15-5-7-17(24)8-6-15)21-22(25)27-14-28-23(21)30/h2-8,11,13-14,20,26H,9-10,12H2,1H3,(H2,25,27,28). The van der Waals surface area contributed by atoms with Crippen molar-refractivity contribution in [2.45, 2.75) is 6.04 Å². The topological polar surface area (TPSA) is 72.0 Å². The van der Waals surface area contributed by atoms with Gasteiger partial charge in [0.15, 0.2) is 5.65 Å². The van der Waals surface area contributed by atoms with Gasteiger partial charge in [-0.25, -0.2) is 9.97 Å². The fourth-order valence-electron chi connectivity index (χ4n) is 4.19. The zero-order valence-electron chi connectivity index (χ0n) is 16.7. The number of nitrogens with zero attached hydrogens (tertiary/aromatic N) is 4. The Hall–Kier alpha value is -2.93. The van der Waals surface area contributed by atoms with Gasteiger partial charge in [-0.05, 0) is 42.4 Å². The molecule has 1 aliphatic rings. The third-order valence-electron chi connectivity index (χ3n) is 5.81. The summed E-state index contributed by atoms with van der Waals surface area (Å²) in [5.74, 6) is 0.469. The normalized spacial score (nSPS) is 17.5. The summed E-state index contributed by atoms with van der Waals surface area (Å²) in [6.07, 6.45) is 3.60. The molecule has 4 aromatic rings. The zero-order chi connectivity index (χ0) is 20.7. The first kappa shape index (κ1) is 19.1. The number of piperazine rings is 1. The van der Waals surface area contributed by atoms with Crippen LogP contribution in [0.2, 0.25) is 5.02 Å². The van der Waals surface area contributed by atoms with Crippen LogP contribution in [0.3, 0.4) is 0 Å². The largest absolute Gasteiger partial charge is 0.383 e. The first-order valence-electron chi connectivity index (χ1n) is 10.0. The van der Waals surface area contributed by atoms with E-state index in [1.807, 2.05) is 24.3 Å². The summed E-state index contributed by atoms with van der Waals surface area (Å²) in [5, 5.41) is 5.04. The number of nitrogens with two attached hydrogens (primary N) is 1. The van der Waals surface area contributed by atoms with E-state index >= 15 is 0 Å². The van der Waals surface area contributed by atoms with Crippen molar-refractivity contribution in [3.8, 4) is 16.8 Å². The molecule has 0 aliphatic carbocycles. The lowest BCUT2D eigenvalue weighted by molar-refractivity contribution is 0.202. The molecule has 1 unspecified atom stereocenters. The van der Waals surface area contributed by atoms with Gasteiger partial charge in [-0.2, -0.15) is 0 Å². The van der Waals surface area contributed by atoms with Gasteiger partial charge >= 0.3 is 0 Å². The number of aromatic nitrogens is 3. The number of likely N-dealkylation sites (N-methyl/N-ethyl adjacent to an activating group) is 1. The Morgan fingerprint density at radius 3 is 2.77 bits per heavy atom. The molecule has 0 amide bonds. The maximum atomic E-state index is 6.28. The Kier molecular flexibility index (Phi) is 4.90. The Morgan fingerprint density at radius 2 is 1.97 bits per heavy atom. The molecule has 5 rings (SSSR count). The van der Waals surface area contributed by atoms with Crippen LogP contribution in [0.25, 0.3) is 27.8 Å². The Bertz CT molecular complexity index is 1200. The minimum Gasteiger partial charge on any atom is -0.383 e. The number of halogens is 1. The highest BCUT2D eigenvalue weighted by Gasteiger charge is 2.21. The second kappa shape index (κ2) is 7.72. The second-order valence-corrected chi connectivity index (χ2v) is 8.11. The number of hydrogen-bond donors (Lipinski definition) is 2. The molecule has 30 heavy (non-hydrogen) atoms. The van der Waals surface area contributed by atoms with E-state index in [0.717, 1.165) is 47.5 Å². The quantitative estimate of drug-likeness (QED) is 0.528. The molecule has 0 bridgehead atoms. The third kappa shape index (κ3) is 3.33. The number of nitrogens with one attached hydrogen (secondary N) is 1. The van der Waals surface area contributed by atoms with E-state index in [1.165, 1.54) is 11.9 Å². The van der Waals surface area contributed by atoms with E-state index in [2.05, 4.69) is 62.3 Å². The number of anilines is 1. The molecule has 1 fully saturated rings. The Labute approximate surface area is 180 Å². The van der Waals surface area contributed by atoms with Crippen LogP contribution in [0.4, 0.5) is 5.82 Å². The van der Waals surface area contributed by atoms with Gasteiger partial charge in [0.05, 0.1) is 5.39 Å². The molecule has 2 aromatic carbocycles. The summed E-state index contributed by atoms with van der Waals surface area (Å²) >= 11 is 6.09.